The zero-order valence-electron chi connectivity index (χ0n) is 14.6. The van der Waals surface area contributed by atoms with Crippen LogP contribution < -0.4 is 10.2 Å². The maximum atomic E-state index is 12.8. The summed E-state index contributed by atoms with van der Waals surface area (Å²) in [7, 11) is 0. The molecular formula is C20H16ClN3O4. The van der Waals surface area contributed by atoms with E-state index in [9.17, 15) is 14.4 Å². The van der Waals surface area contributed by atoms with Crippen molar-refractivity contribution in [3.8, 4) is 0 Å². The molecule has 28 heavy (non-hydrogen) atoms. The first kappa shape index (κ1) is 18.1. The van der Waals surface area contributed by atoms with E-state index in [1.807, 2.05) is 12.1 Å². The van der Waals surface area contributed by atoms with Crippen molar-refractivity contribution in [1.82, 2.24) is 10.3 Å². The van der Waals surface area contributed by atoms with E-state index in [-0.39, 0.29) is 0 Å². The number of carbonyl (C=O) groups is 3. The van der Waals surface area contributed by atoms with Gasteiger partial charge in [0, 0.05) is 28.0 Å². The monoisotopic (exact) mass is 397 g/mol. The Bertz CT molecular complexity index is 1110. The van der Waals surface area contributed by atoms with Crippen LogP contribution >= 0.6 is 11.6 Å². The molecule has 0 saturated carbocycles. The number of aliphatic carboxylic acids is 1. The predicted molar refractivity (Wildman–Crippen MR) is 105 cm³/mol. The lowest BCUT2D eigenvalue weighted by Gasteiger charge is -2.33. The van der Waals surface area contributed by atoms with E-state index in [1.165, 1.54) is 4.90 Å². The lowest BCUT2D eigenvalue weighted by molar-refractivity contribution is -0.137. The Morgan fingerprint density at radius 1 is 1.21 bits per heavy atom. The molecule has 2 aromatic carbocycles. The molecule has 0 spiro atoms. The summed E-state index contributed by atoms with van der Waals surface area (Å²) >= 11 is 5.98. The molecule has 4 rings (SSSR count). The number of hydrogen-bond donors (Lipinski definition) is 3. The van der Waals surface area contributed by atoms with Gasteiger partial charge in [-0.2, -0.15) is 0 Å². The standard InChI is InChI=1S/C20H16ClN3O4/c21-13-5-6-14-12(7-13)9-15(22-14)19(27)23-16-8-11-3-1-2-4-17(11)24(20(16)28)10-18(25)26/h1-7,9,16,22H,8,10H2,(H,23,27)(H,25,26)/t16-/m0/s1. The third-order valence-corrected chi connectivity index (χ3v) is 4.93. The van der Waals surface area contributed by atoms with Crippen LogP contribution in [0.5, 0.6) is 0 Å². The first-order chi connectivity index (χ1) is 13.4. The van der Waals surface area contributed by atoms with E-state index >= 15 is 0 Å². The second-order valence-electron chi connectivity index (χ2n) is 6.59. The average molecular weight is 398 g/mol. The summed E-state index contributed by atoms with van der Waals surface area (Å²) in [4.78, 5) is 40.9. The van der Waals surface area contributed by atoms with Crippen molar-refractivity contribution in [3.63, 3.8) is 0 Å². The van der Waals surface area contributed by atoms with Crippen LogP contribution in [0.4, 0.5) is 5.69 Å². The number of benzene rings is 2. The number of H-pyrrole nitrogens is 1. The van der Waals surface area contributed by atoms with Crippen molar-refractivity contribution in [3.05, 3.63) is 64.8 Å². The summed E-state index contributed by atoms with van der Waals surface area (Å²) < 4.78 is 0. The second kappa shape index (κ2) is 7.01. The van der Waals surface area contributed by atoms with Gasteiger partial charge in [0.15, 0.2) is 0 Å². The van der Waals surface area contributed by atoms with E-state index in [4.69, 9.17) is 16.7 Å². The van der Waals surface area contributed by atoms with Gasteiger partial charge in [0.25, 0.3) is 5.91 Å². The van der Waals surface area contributed by atoms with Crippen LogP contribution in [0.1, 0.15) is 16.1 Å². The van der Waals surface area contributed by atoms with Gasteiger partial charge in [-0.05, 0) is 35.9 Å². The molecule has 0 radical (unpaired) electrons. The molecule has 8 heteroatoms. The highest BCUT2D eigenvalue weighted by atomic mass is 35.5. The number of aromatic amines is 1. The molecule has 1 aromatic heterocycles. The molecule has 1 atom stereocenters. The molecule has 0 saturated heterocycles. The normalized spacial score (nSPS) is 16.1. The summed E-state index contributed by atoms with van der Waals surface area (Å²) in [6, 6.07) is 13.1. The number of anilines is 1. The quantitative estimate of drug-likeness (QED) is 0.629. The molecule has 0 fully saturated rings. The molecule has 2 heterocycles. The molecule has 142 valence electrons. The third kappa shape index (κ3) is 3.32. The minimum Gasteiger partial charge on any atom is -0.480 e. The van der Waals surface area contributed by atoms with Gasteiger partial charge < -0.3 is 15.4 Å². The molecule has 0 unspecified atom stereocenters. The summed E-state index contributed by atoms with van der Waals surface area (Å²) in [5, 5.41) is 13.2. The zero-order valence-corrected chi connectivity index (χ0v) is 15.4. The molecule has 2 amide bonds. The van der Waals surface area contributed by atoms with Crippen molar-refractivity contribution in [1.29, 1.82) is 0 Å². The fourth-order valence-corrected chi connectivity index (χ4v) is 3.61. The van der Waals surface area contributed by atoms with Gasteiger partial charge in [0.2, 0.25) is 5.91 Å². The number of aromatic nitrogens is 1. The van der Waals surface area contributed by atoms with Gasteiger partial charge in [0.1, 0.15) is 18.3 Å². The largest absolute Gasteiger partial charge is 0.480 e. The first-order valence-electron chi connectivity index (χ1n) is 8.62. The third-order valence-electron chi connectivity index (χ3n) is 4.70. The van der Waals surface area contributed by atoms with Gasteiger partial charge >= 0.3 is 5.97 Å². The number of para-hydroxylation sites is 1. The number of halogens is 1. The van der Waals surface area contributed by atoms with Crippen molar-refractivity contribution in [2.24, 2.45) is 0 Å². The van der Waals surface area contributed by atoms with E-state index in [2.05, 4.69) is 10.3 Å². The van der Waals surface area contributed by atoms with Crippen LogP contribution in [0.3, 0.4) is 0 Å². The summed E-state index contributed by atoms with van der Waals surface area (Å²) in [6.07, 6.45) is 0.295. The highest BCUT2D eigenvalue weighted by Crippen LogP contribution is 2.28. The number of hydrogen-bond acceptors (Lipinski definition) is 3. The van der Waals surface area contributed by atoms with Crippen LogP contribution in [0.25, 0.3) is 10.9 Å². The fraction of sp³-hybridized carbons (Fsp3) is 0.150. The fourth-order valence-electron chi connectivity index (χ4n) is 3.43. The second-order valence-corrected chi connectivity index (χ2v) is 7.03. The molecule has 0 aliphatic carbocycles. The minimum atomic E-state index is -1.12. The molecule has 1 aliphatic heterocycles. The SMILES string of the molecule is O=C(O)CN1C(=O)[C@@H](NC(=O)c2cc3cc(Cl)ccc3[nH]2)Cc2ccccc21. The topological polar surface area (TPSA) is 102 Å². The minimum absolute atomic E-state index is 0.295. The Morgan fingerprint density at radius 3 is 2.79 bits per heavy atom. The number of amides is 2. The van der Waals surface area contributed by atoms with Crippen molar-refractivity contribution >= 4 is 46.0 Å². The number of nitrogens with one attached hydrogen (secondary N) is 2. The smallest absolute Gasteiger partial charge is 0.323 e. The Kier molecular flexibility index (Phi) is 4.52. The maximum Gasteiger partial charge on any atom is 0.323 e. The molecule has 7 nitrogen and oxygen atoms in total. The Hall–Kier alpha value is -3.32. The van der Waals surface area contributed by atoms with Gasteiger partial charge in [-0.15, -0.1) is 0 Å². The molecule has 0 bridgehead atoms. The highest BCUT2D eigenvalue weighted by Gasteiger charge is 2.35. The van der Waals surface area contributed by atoms with E-state index in [0.29, 0.717) is 22.8 Å². The number of fused-ring (bicyclic) bond motifs is 2. The highest BCUT2D eigenvalue weighted by molar-refractivity contribution is 6.31. The van der Waals surface area contributed by atoms with Gasteiger partial charge in [-0.25, -0.2) is 0 Å². The van der Waals surface area contributed by atoms with E-state index in [0.717, 1.165) is 16.5 Å². The number of rotatable bonds is 4. The summed E-state index contributed by atoms with van der Waals surface area (Å²) in [5.74, 6) is -2.02. The maximum absolute atomic E-state index is 12.8. The Balaban J connectivity index is 1.60. The number of carboxylic acid groups (broad SMARTS) is 1. The number of nitrogens with zero attached hydrogens (tertiary/aromatic N) is 1. The van der Waals surface area contributed by atoms with Crippen LogP contribution in [-0.2, 0) is 16.0 Å². The van der Waals surface area contributed by atoms with Crippen LogP contribution in [0.15, 0.2) is 48.5 Å². The Morgan fingerprint density at radius 2 is 2.00 bits per heavy atom. The molecule has 3 aromatic rings. The predicted octanol–water partition coefficient (Wildman–Crippen LogP) is 2.59. The van der Waals surface area contributed by atoms with Gasteiger partial charge in [-0.1, -0.05) is 29.8 Å². The molecule has 3 N–H and O–H groups in total. The van der Waals surface area contributed by atoms with Crippen molar-refractivity contribution in [2.45, 2.75) is 12.5 Å². The first-order valence-corrected chi connectivity index (χ1v) is 9.00. The van der Waals surface area contributed by atoms with Crippen LogP contribution in [0.2, 0.25) is 5.02 Å². The van der Waals surface area contributed by atoms with Gasteiger partial charge in [-0.3, -0.25) is 19.3 Å². The lowest BCUT2D eigenvalue weighted by atomic mass is 9.97. The van der Waals surface area contributed by atoms with E-state index < -0.39 is 30.4 Å². The lowest BCUT2D eigenvalue weighted by Crippen LogP contribution is -2.54. The van der Waals surface area contributed by atoms with Crippen molar-refractivity contribution < 1.29 is 19.5 Å². The van der Waals surface area contributed by atoms with Crippen molar-refractivity contribution in [2.75, 3.05) is 11.4 Å². The Labute approximate surface area is 164 Å². The van der Waals surface area contributed by atoms with Gasteiger partial charge in [0.05, 0.1) is 0 Å². The molecule has 1 aliphatic rings. The number of carboxylic acids is 1. The molecular weight excluding hydrogens is 382 g/mol. The number of carbonyl (C=O) groups excluding carboxylic acids is 2. The zero-order chi connectivity index (χ0) is 19.8. The van der Waals surface area contributed by atoms with Crippen LogP contribution in [-0.4, -0.2) is 40.5 Å². The summed E-state index contributed by atoms with van der Waals surface area (Å²) in [5.41, 5.74) is 2.41. The average Bonchev–Trinajstić information content (AvgIpc) is 3.08. The summed E-state index contributed by atoms with van der Waals surface area (Å²) in [6.45, 7) is -0.465. The van der Waals surface area contributed by atoms with E-state index in [1.54, 1.807) is 36.4 Å². The van der Waals surface area contributed by atoms with Crippen LogP contribution in [0, 0.1) is 0 Å².